The van der Waals surface area contributed by atoms with Crippen molar-refractivity contribution in [2.75, 3.05) is 37.0 Å². The van der Waals surface area contributed by atoms with Crippen LogP contribution in [0.2, 0.25) is 0 Å². The molecule has 7 nitrogen and oxygen atoms in total. The van der Waals surface area contributed by atoms with Gasteiger partial charge in [-0.1, -0.05) is 13.8 Å². The summed E-state index contributed by atoms with van der Waals surface area (Å²) in [6.45, 7) is 6.03. The first kappa shape index (κ1) is 15.5. The van der Waals surface area contributed by atoms with Crippen LogP contribution in [0.3, 0.4) is 0 Å². The lowest BCUT2D eigenvalue weighted by Crippen LogP contribution is -2.29. The van der Waals surface area contributed by atoms with Crippen molar-refractivity contribution in [2.45, 2.75) is 33.2 Å². The zero-order chi connectivity index (χ0) is 15.4. The molecule has 0 aliphatic carbocycles. The van der Waals surface area contributed by atoms with E-state index in [0.717, 1.165) is 13.1 Å². The maximum absolute atomic E-state index is 11.7. The first-order valence-electron chi connectivity index (χ1n) is 7.42. The summed E-state index contributed by atoms with van der Waals surface area (Å²) in [5, 5.41) is 2.85. The van der Waals surface area contributed by atoms with Crippen LogP contribution >= 0.6 is 0 Å². The number of amides is 1. The highest BCUT2D eigenvalue weighted by atomic mass is 16.1. The number of nitrogens with one attached hydrogen (secondary N) is 1. The van der Waals surface area contributed by atoms with E-state index in [1.165, 1.54) is 12.8 Å². The molecule has 1 N–H and O–H groups in total. The fourth-order valence-electron chi connectivity index (χ4n) is 2.10. The number of rotatable bonds is 5. The summed E-state index contributed by atoms with van der Waals surface area (Å²) in [6.07, 6.45) is 2.34. The van der Waals surface area contributed by atoms with Gasteiger partial charge in [-0.25, -0.2) is 0 Å². The van der Waals surface area contributed by atoms with Crippen molar-refractivity contribution in [1.82, 2.24) is 20.3 Å². The lowest BCUT2D eigenvalue weighted by Gasteiger charge is -2.19. The average Bonchev–Trinajstić information content (AvgIpc) is 2.98. The smallest absolute Gasteiger partial charge is 0.230 e. The lowest BCUT2D eigenvalue weighted by atomic mass is 10.2. The normalized spacial score (nSPS) is 14.6. The molecule has 1 aromatic heterocycles. The molecule has 0 radical (unpaired) electrons. The Hall–Kier alpha value is -1.92. The quantitative estimate of drug-likeness (QED) is 0.865. The van der Waals surface area contributed by atoms with E-state index in [1.54, 1.807) is 0 Å². The van der Waals surface area contributed by atoms with Gasteiger partial charge in [0.05, 0.1) is 6.54 Å². The van der Waals surface area contributed by atoms with Crippen LogP contribution in [-0.4, -0.2) is 48.0 Å². The van der Waals surface area contributed by atoms with Gasteiger partial charge in [0.15, 0.2) is 5.82 Å². The van der Waals surface area contributed by atoms with Crippen LogP contribution < -0.4 is 15.1 Å². The number of anilines is 2. The Morgan fingerprint density at radius 2 is 1.90 bits per heavy atom. The van der Waals surface area contributed by atoms with E-state index in [1.807, 2.05) is 32.8 Å². The summed E-state index contributed by atoms with van der Waals surface area (Å²) in [5.74, 6) is 1.90. The molecule has 1 fully saturated rings. The van der Waals surface area contributed by atoms with Crippen LogP contribution in [0, 0.1) is 5.92 Å². The predicted octanol–water partition coefficient (Wildman–Crippen LogP) is 0.810. The van der Waals surface area contributed by atoms with E-state index < -0.39 is 0 Å². The molecule has 0 atom stereocenters. The van der Waals surface area contributed by atoms with Gasteiger partial charge in [-0.15, -0.1) is 0 Å². The molecule has 0 bridgehead atoms. The molecule has 1 amide bonds. The molecule has 0 aromatic carbocycles. The molecule has 1 aliphatic heterocycles. The third-order valence-corrected chi connectivity index (χ3v) is 3.39. The van der Waals surface area contributed by atoms with E-state index >= 15 is 0 Å². The average molecular weight is 292 g/mol. The summed E-state index contributed by atoms with van der Waals surface area (Å²) >= 11 is 0. The number of carbonyl (C=O) groups is 1. The van der Waals surface area contributed by atoms with Crippen molar-refractivity contribution >= 4 is 17.8 Å². The largest absolute Gasteiger partial charge is 0.349 e. The Bertz CT molecular complexity index is 496. The monoisotopic (exact) mass is 292 g/mol. The zero-order valence-electron chi connectivity index (χ0n) is 13.3. The Kier molecular flexibility index (Phi) is 4.93. The molecule has 21 heavy (non-hydrogen) atoms. The van der Waals surface area contributed by atoms with Crippen molar-refractivity contribution in [3.8, 4) is 0 Å². The van der Waals surface area contributed by atoms with E-state index in [-0.39, 0.29) is 11.8 Å². The second-order valence-corrected chi connectivity index (χ2v) is 5.81. The zero-order valence-corrected chi connectivity index (χ0v) is 13.3. The number of hydrogen-bond donors (Lipinski definition) is 1. The van der Waals surface area contributed by atoms with Gasteiger partial charge in [0, 0.05) is 33.1 Å². The van der Waals surface area contributed by atoms with Crippen LogP contribution in [0.15, 0.2) is 0 Å². The molecule has 1 aliphatic rings. The fraction of sp³-hybridized carbons (Fsp3) is 0.714. The minimum Gasteiger partial charge on any atom is -0.349 e. The highest BCUT2D eigenvalue weighted by Crippen LogP contribution is 2.17. The number of carbonyl (C=O) groups excluding carboxylic acids is 1. The van der Waals surface area contributed by atoms with Gasteiger partial charge in [-0.3, -0.25) is 4.79 Å². The number of hydrogen-bond acceptors (Lipinski definition) is 6. The molecule has 0 unspecified atom stereocenters. The summed E-state index contributed by atoms with van der Waals surface area (Å²) in [5.41, 5.74) is 0. The topological polar surface area (TPSA) is 74.2 Å². The molecule has 1 aromatic rings. The SMILES string of the molecule is CC(C)C(=O)NCc1nc(N(C)C)nc(N2CCCC2)n1. The summed E-state index contributed by atoms with van der Waals surface area (Å²) < 4.78 is 0. The van der Waals surface area contributed by atoms with Crippen molar-refractivity contribution in [1.29, 1.82) is 0 Å². The Labute approximate surface area is 125 Å². The Morgan fingerprint density at radius 1 is 1.24 bits per heavy atom. The van der Waals surface area contributed by atoms with Gasteiger partial charge in [0.25, 0.3) is 0 Å². The maximum Gasteiger partial charge on any atom is 0.230 e. The van der Waals surface area contributed by atoms with Crippen LogP contribution in [0.4, 0.5) is 11.9 Å². The van der Waals surface area contributed by atoms with Crippen molar-refractivity contribution in [2.24, 2.45) is 5.92 Å². The summed E-state index contributed by atoms with van der Waals surface area (Å²) in [7, 11) is 3.80. The minimum absolute atomic E-state index is 0.00420. The molecule has 1 saturated heterocycles. The minimum atomic E-state index is -0.0433. The van der Waals surface area contributed by atoms with Gasteiger partial charge >= 0.3 is 0 Å². The van der Waals surface area contributed by atoms with Gasteiger partial charge in [-0.2, -0.15) is 15.0 Å². The third-order valence-electron chi connectivity index (χ3n) is 3.39. The second kappa shape index (κ2) is 6.69. The van der Waals surface area contributed by atoms with E-state index in [0.29, 0.717) is 24.3 Å². The Morgan fingerprint density at radius 3 is 2.48 bits per heavy atom. The summed E-state index contributed by atoms with van der Waals surface area (Å²) in [4.78, 5) is 29.1. The standard InChI is InChI=1S/C14H24N6O/c1-10(2)12(21)15-9-11-16-13(19(3)4)18-14(17-11)20-7-5-6-8-20/h10H,5-9H2,1-4H3,(H,15,21). The Balaban J connectivity index is 2.17. The van der Waals surface area contributed by atoms with Crippen molar-refractivity contribution < 1.29 is 4.79 Å². The second-order valence-electron chi connectivity index (χ2n) is 5.81. The maximum atomic E-state index is 11.7. The molecule has 116 valence electrons. The first-order chi connectivity index (χ1) is 9.97. The predicted molar refractivity (Wildman–Crippen MR) is 82.3 cm³/mol. The van der Waals surface area contributed by atoms with E-state index in [4.69, 9.17) is 0 Å². The first-order valence-corrected chi connectivity index (χ1v) is 7.42. The third kappa shape index (κ3) is 4.03. The molecule has 7 heteroatoms. The van der Waals surface area contributed by atoms with Crippen LogP contribution in [0.5, 0.6) is 0 Å². The highest BCUT2D eigenvalue weighted by Gasteiger charge is 2.18. The van der Waals surface area contributed by atoms with Crippen LogP contribution in [0.25, 0.3) is 0 Å². The highest BCUT2D eigenvalue weighted by molar-refractivity contribution is 5.77. The van der Waals surface area contributed by atoms with E-state index in [9.17, 15) is 4.79 Å². The number of aromatic nitrogens is 3. The van der Waals surface area contributed by atoms with Gasteiger partial charge in [0.2, 0.25) is 17.8 Å². The molecule has 2 rings (SSSR count). The van der Waals surface area contributed by atoms with E-state index in [2.05, 4.69) is 25.2 Å². The van der Waals surface area contributed by atoms with Gasteiger partial charge < -0.3 is 15.1 Å². The molecule has 0 spiro atoms. The molecule has 2 heterocycles. The molecular weight excluding hydrogens is 268 g/mol. The number of nitrogens with zero attached hydrogens (tertiary/aromatic N) is 5. The molecule has 0 saturated carbocycles. The van der Waals surface area contributed by atoms with Crippen molar-refractivity contribution in [3.05, 3.63) is 5.82 Å². The van der Waals surface area contributed by atoms with Crippen LogP contribution in [0.1, 0.15) is 32.5 Å². The summed E-state index contributed by atoms with van der Waals surface area (Å²) in [6, 6.07) is 0. The fourth-order valence-corrected chi connectivity index (χ4v) is 2.10. The van der Waals surface area contributed by atoms with Gasteiger partial charge in [-0.05, 0) is 12.8 Å². The molecular formula is C14H24N6O. The van der Waals surface area contributed by atoms with Crippen molar-refractivity contribution in [3.63, 3.8) is 0 Å². The van der Waals surface area contributed by atoms with Gasteiger partial charge in [0.1, 0.15) is 0 Å². The lowest BCUT2D eigenvalue weighted by molar-refractivity contribution is -0.124. The van der Waals surface area contributed by atoms with Crippen LogP contribution in [-0.2, 0) is 11.3 Å².